The summed E-state index contributed by atoms with van der Waals surface area (Å²) in [6, 6.07) is -0.0307. The molecule has 1 unspecified atom stereocenters. The Balaban J connectivity index is 2.13. The number of nitrogens with two attached hydrogens (primary N) is 1. The Morgan fingerprint density at radius 2 is 2.37 bits per heavy atom. The van der Waals surface area contributed by atoms with Crippen LogP contribution in [0, 0.1) is 5.92 Å². The summed E-state index contributed by atoms with van der Waals surface area (Å²) in [5.41, 5.74) is 5.13. The highest BCUT2D eigenvalue weighted by Crippen LogP contribution is 2.24. The highest BCUT2D eigenvalue weighted by Gasteiger charge is 2.36. The molecule has 2 rings (SSSR count). The van der Waals surface area contributed by atoms with E-state index in [4.69, 9.17) is 14.9 Å². The lowest BCUT2D eigenvalue weighted by Gasteiger charge is -2.09. The number of hydrogen-bond donors (Lipinski definition) is 1. The molecule has 0 spiro atoms. The lowest BCUT2D eigenvalue weighted by atomic mass is 10.1. The van der Waals surface area contributed by atoms with Gasteiger partial charge in [-0.2, -0.15) is 4.98 Å². The first-order chi connectivity index (χ1) is 9.02. The van der Waals surface area contributed by atoms with Gasteiger partial charge in [0.1, 0.15) is 6.26 Å². The first-order valence-corrected chi connectivity index (χ1v) is 5.75. The van der Waals surface area contributed by atoms with Crippen LogP contribution in [0.4, 0.5) is 6.01 Å². The zero-order valence-electron chi connectivity index (χ0n) is 10.3. The van der Waals surface area contributed by atoms with Crippen molar-refractivity contribution in [1.82, 2.24) is 4.98 Å². The summed E-state index contributed by atoms with van der Waals surface area (Å²) >= 11 is 0. The number of anilines is 1. The van der Waals surface area contributed by atoms with Gasteiger partial charge in [-0.15, -0.1) is 0 Å². The van der Waals surface area contributed by atoms with Crippen LogP contribution in [0.2, 0.25) is 0 Å². The van der Waals surface area contributed by atoms with Crippen LogP contribution < -0.4 is 10.6 Å². The van der Waals surface area contributed by atoms with Crippen LogP contribution in [0.5, 0.6) is 0 Å². The number of aromatic nitrogens is 1. The molecule has 1 aliphatic rings. The van der Waals surface area contributed by atoms with Gasteiger partial charge in [-0.25, -0.2) is 4.79 Å². The van der Waals surface area contributed by atoms with Crippen LogP contribution in [-0.4, -0.2) is 35.9 Å². The molecular formula is C11H13N3O5. The van der Waals surface area contributed by atoms with Crippen molar-refractivity contribution in [2.24, 2.45) is 11.7 Å². The molecule has 102 valence electrons. The normalized spacial score (nSPS) is 18.7. The molecule has 2 heterocycles. The molecule has 1 atom stereocenters. The lowest BCUT2D eigenvalue weighted by molar-refractivity contribution is -0.123. The summed E-state index contributed by atoms with van der Waals surface area (Å²) < 4.78 is 9.81. The third-order valence-corrected chi connectivity index (χ3v) is 2.73. The minimum Gasteiger partial charge on any atom is -0.461 e. The second-order valence-electron chi connectivity index (χ2n) is 4.04. The second kappa shape index (κ2) is 5.09. The van der Waals surface area contributed by atoms with Crippen molar-refractivity contribution in [3.63, 3.8) is 0 Å². The number of amides is 2. The topological polar surface area (TPSA) is 116 Å². The first-order valence-electron chi connectivity index (χ1n) is 5.75. The largest absolute Gasteiger partial charge is 0.461 e. The number of hydrogen-bond acceptors (Lipinski definition) is 6. The maximum atomic E-state index is 11.7. The molecule has 2 amide bonds. The number of carbonyl (C=O) groups excluding carboxylic acids is 3. The van der Waals surface area contributed by atoms with E-state index >= 15 is 0 Å². The molecule has 1 aromatic heterocycles. The Labute approximate surface area is 108 Å². The number of rotatable bonds is 4. The van der Waals surface area contributed by atoms with Gasteiger partial charge in [0, 0.05) is 13.0 Å². The number of oxazole rings is 1. The maximum absolute atomic E-state index is 11.7. The predicted octanol–water partition coefficient (Wildman–Crippen LogP) is -0.310. The van der Waals surface area contributed by atoms with Crippen LogP contribution in [0.25, 0.3) is 0 Å². The summed E-state index contributed by atoms with van der Waals surface area (Å²) in [6.07, 6.45) is 1.13. The van der Waals surface area contributed by atoms with E-state index in [-0.39, 0.29) is 37.2 Å². The van der Waals surface area contributed by atoms with E-state index in [1.165, 1.54) is 4.90 Å². The Morgan fingerprint density at radius 3 is 2.95 bits per heavy atom. The fourth-order valence-electron chi connectivity index (χ4n) is 1.77. The van der Waals surface area contributed by atoms with Gasteiger partial charge < -0.3 is 14.9 Å². The Bertz CT molecular complexity index is 524. The summed E-state index contributed by atoms with van der Waals surface area (Å²) in [5.74, 6) is -2.06. The van der Waals surface area contributed by atoms with E-state index in [1.54, 1.807) is 6.92 Å². The standard InChI is InChI=1S/C11H13N3O5/c1-2-18-10(17)7-5-19-11(13-7)14-4-6(9(12)16)3-8(14)15/h5-6H,2-4H2,1H3,(H2,12,16). The highest BCUT2D eigenvalue weighted by atomic mass is 16.5. The van der Waals surface area contributed by atoms with Gasteiger partial charge in [0.15, 0.2) is 5.69 Å². The zero-order chi connectivity index (χ0) is 14.0. The predicted molar refractivity (Wildman–Crippen MR) is 62.1 cm³/mol. The maximum Gasteiger partial charge on any atom is 0.360 e. The molecule has 0 bridgehead atoms. The molecule has 1 aliphatic heterocycles. The summed E-state index contributed by atoms with van der Waals surface area (Å²) in [5, 5.41) is 0. The van der Waals surface area contributed by atoms with Crippen LogP contribution in [0.15, 0.2) is 10.7 Å². The Kier molecular flexibility index (Phi) is 3.50. The number of nitrogens with zero attached hydrogens (tertiary/aromatic N) is 2. The zero-order valence-corrected chi connectivity index (χ0v) is 10.3. The van der Waals surface area contributed by atoms with Gasteiger partial charge in [0.2, 0.25) is 11.8 Å². The third-order valence-electron chi connectivity index (χ3n) is 2.73. The van der Waals surface area contributed by atoms with Crippen molar-refractivity contribution in [1.29, 1.82) is 0 Å². The van der Waals surface area contributed by atoms with Crippen molar-refractivity contribution in [2.75, 3.05) is 18.1 Å². The number of primary amides is 1. The quantitative estimate of drug-likeness (QED) is 0.748. The fourth-order valence-corrected chi connectivity index (χ4v) is 1.77. The highest BCUT2D eigenvalue weighted by molar-refractivity contribution is 5.99. The molecule has 2 N–H and O–H groups in total. The van der Waals surface area contributed by atoms with Crippen molar-refractivity contribution in [2.45, 2.75) is 13.3 Å². The van der Waals surface area contributed by atoms with Gasteiger partial charge in [-0.05, 0) is 6.92 Å². The van der Waals surface area contributed by atoms with Gasteiger partial charge in [0.05, 0.1) is 12.5 Å². The average Bonchev–Trinajstić information content (AvgIpc) is 2.95. The molecule has 1 saturated heterocycles. The van der Waals surface area contributed by atoms with E-state index in [1.807, 2.05) is 0 Å². The minimum atomic E-state index is -0.629. The summed E-state index contributed by atoms with van der Waals surface area (Å²) in [7, 11) is 0. The number of ether oxygens (including phenoxy) is 1. The number of carbonyl (C=O) groups is 3. The smallest absolute Gasteiger partial charge is 0.360 e. The van der Waals surface area contributed by atoms with E-state index < -0.39 is 17.8 Å². The molecule has 0 radical (unpaired) electrons. The Morgan fingerprint density at radius 1 is 1.63 bits per heavy atom. The molecular weight excluding hydrogens is 254 g/mol. The van der Waals surface area contributed by atoms with Crippen molar-refractivity contribution >= 4 is 23.8 Å². The lowest BCUT2D eigenvalue weighted by Crippen LogP contribution is -2.28. The van der Waals surface area contributed by atoms with E-state index in [0.717, 1.165) is 6.26 Å². The molecule has 1 aromatic rings. The molecule has 19 heavy (non-hydrogen) atoms. The van der Waals surface area contributed by atoms with Gasteiger partial charge in [0.25, 0.3) is 0 Å². The molecule has 0 aromatic carbocycles. The van der Waals surface area contributed by atoms with Crippen molar-refractivity contribution < 1.29 is 23.5 Å². The fraction of sp³-hybridized carbons (Fsp3) is 0.455. The van der Waals surface area contributed by atoms with Crippen molar-refractivity contribution in [3.05, 3.63) is 12.0 Å². The van der Waals surface area contributed by atoms with Gasteiger partial charge in [-0.3, -0.25) is 14.5 Å². The average molecular weight is 267 g/mol. The second-order valence-corrected chi connectivity index (χ2v) is 4.04. The molecule has 0 aliphatic carbocycles. The molecule has 8 heteroatoms. The summed E-state index contributed by atoms with van der Waals surface area (Å²) in [4.78, 5) is 39.2. The van der Waals surface area contributed by atoms with Crippen LogP contribution in [0.1, 0.15) is 23.8 Å². The monoisotopic (exact) mass is 267 g/mol. The third kappa shape index (κ3) is 2.56. The molecule has 1 fully saturated rings. The molecule has 0 saturated carbocycles. The molecule has 8 nitrogen and oxygen atoms in total. The number of esters is 1. The Hall–Kier alpha value is -2.38. The van der Waals surface area contributed by atoms with Gasteiger partial charge >= 0.3 is 12.0 Å². The van der Waals surface area contributed by atoms with E-state index in [9.17, 15) is 14.4 Å². The van der Waals surface area contributed by atoms with E-state index in [0.29, 0.717) is 0 Å². The van der Waals surface area contributed by atoms with Crippen molar-refractivity contribution in [3.8, 4) is 0 Å². The van der Waals surface area contributed by atoms with Crippen LogP contribution in [-0.2, 0) is 14.3 Å². The van der Waals surface area contributed by atoms with Crippen LogP contribution in [0.3, 0.4) is 0 Å². The van der Waals surface area contributed by atoms with E-state index in [2.05, 4.69) is 4.98 Å². The first kappa shape index (κ1) is 13.1. The van der Waals surface area contributed by atoms with Crippen LogP contribution >= 0.6 is 0 Å². The SMILES string of the molecule is CCOC(=O)c1coc(N2CC(C(N)=O)CC2=O)n1. The van der Waals surface area contributed by atoms with Gasteiger partial charge in [-0.1, -0.05) is 0 Å². The minimum absolute atomic E-state index is 0.0203. The summed E-state index contributed by atoms with van der Waals surface area (Å²) in [6.45, 7) is 1.99.